The van der Waals surface area contributed by atoms with Crippen molar-refractivity contribution in [1.82, 2.24) is 4.68 Å². The van der Waals surface area contributed by atoms with Gasteiger partial charge in [0.1, 0.15) is 18.5 Å². The third-order valence-corrected chi connectivity index (χ3v) is 3.19. The molecule has 0 saturated heterocycles. The van der Waals surface area contributed by atoms with E-state index in [2.05, 4.69) is 5.43 Å². The smallest absolute Gasteiger partial charge is 0.119 e. The van der Waals surface area contributed by atoms with E-state index in [9.17, 15) is 5.11 Å². The zero-order valence-corrected chi connectivity index (χ0v) is 12.3. The molecule has 1 unspecified atom stereocenters. The van der Waals surface area contributed by atoms with Crippen molar-refractivity contribution in [2.24, 2.45) is 0 Å². The Morgan fingerprint density at radius 2 is 1.85 bits per heavy atom. The summed E-state index contributed by atoms with van der Waals surface area (Å²) in [5, 5.41) is 9.96. The molecule has 0 aliphatic carbocycles. The number of nitrogens with one attached hydrogen (secondary N) is 1. The lowest BCUT2D eigenvalue weighted by Gasteiger charge is -2.17. The summed E-state index contributed by atoms with van der Waals surface area (Å²) in [5.41, 5.74) is 6.58. The molecular formula is C16H22N2O2. The predicted octanol–water partition coefficient (Wildman–Crippen LogP) is 2.40. The van der Waals surface area contributed by atoms with Gasteiger partial charge in [0.2, 0.25) is 0 Å². The maximum absolute atomic E-state index is 9.96. The van der Waals surface area contributed by atoms with Gasteiger partial charge >= 0.3 is 0 Å². The minimum absolute atomic E-state index is 0.274. The van der Waals surface area contributed by atoms with Crippen LogP contribution in [0.5, 0.6) is 5.75 Å². The van der Waals surface area contributed by atoms with Crippen molar-refractivity contribution in [3.63, 3.8) is 0 Å². The maximum atomic E-state index is 9.96. The Bertz CT molecular complexity index is 544. The molecule has 108 valence electrons. The molecule has 2 rings (SSSR count). The summed E-state index contributed by atoms with van der Waals surface area (Å²) < 4.78 is 7.55. The fraction of sp³-hybridized carbons (Fsp3) is 0.375. The van der Waals surface area contributed by atoms with Crippen LogP contribution in [0.1, 0.15) is 17.0 Å². The summed E-state index contributed by atoms with van der Waals surface area (Å²) in [6.45, 7) is 6.78. The quantitative estimate of drug-likeness (QED) is 0.850. The van der Waals surface area contributed by atoms with Crippen molar-refractivity contribution in [1.29, 1.82) is 0 Å². The maximum Gasteiger partial charge on any atom is 0.119 e. The van der Waals surface area contributed by atoms with Gasteiger partial charge in [-0.05, 0) is 50.6 Å². The van der Waals surface area contributed by atoms with Crippen LogP contribution in [0.2, 0.25) is 0 Å². The van der Waals surface area contributed by atoms with Crippen LogP contribution < -0.4 is 10.2 Å². The van der Waals surface area contributed by atoms with E-state index in [4.69, 9.17) is 4.74 Å². The fourth-order valence-electron chi connectivity index (χ4n) is 2.07. The van der Waals surface area contributed by atoms with Gasteiger partial charge in [-0.25, -0.2) is 0 Å². The first-order chi connectivity index (χ1) is 9.56. The first-order valence-corrected chi connectivity index (χ1v) is 6.82. The normalized spacial score (nSPS) is 12.2. The average molecular weight is 274 g/mol. The highest BCUT2D eigenvalue weighted by Gasteiger charge is 2.07. The van der Waals surface area contributed by atoms with E-state index in [1.54, 1.807) is 0 Å². The van der Waals surface area contributed by atoms with Crippen molar-refractivity contribution < 1.29 is 9.84 Å². The van der Waals surface area contributed by atoms with Crippen molar-refractivity contribution in [3.05, 3.63) is 53.3 Å². The topological polar surface area (TPSA) is 46.4 Å². The van der Waals surface area contributed by atoms with Gasteiger partial charge in [0.25, 0.3) is 0 Å². The molecule has 0 bridgehead atoms. The Morgan fingerprint density at radius 3 is 2.50 bits per heavy atom. The van der Waals surface area contributed by atoms with Crippen LogP contribution >= 0.6 is 0 Å². The number of aryl methyl sites for hydroxylation is 3. The van der Waals surface area contributed by atoms with E-state index < -0.39 is 6.10 Å². The number of rotatable bonds is 6. The van der Waals surface area contributed by atoms with Crippen LogP contribution in [0.4, 0.5) is 0 Å². The third kappa shape index (κ3) is 3.78. The zero-order valence-electron chi connectivity index (χ0n) is 12.3. The van der Waals surface area contributed by atoms with Crippen molar-refractivity contribution in [2.45, 2.75) is 26.9 Å². The van der Waals surface area contributed by atoms with E-state index in [0.717, 1.165) is 22.7 Å². The van der Waals surface area contributed by atoms with Gasteiger partial charge in [-0.2, -0.15) is 0 Å². The van der Waals surface area contributed by atoms with E-state index >= 15 is 0 Å². The minimum atomic E-state index is -0.559. The van der Waals surface area contributed by atoms with Crippen molar-refractivity contribution in [2.75, 3.05) is 18.6 Å². The molecule has 2 aromatic rings. The molecule has 0 aliphatic rings. The lowest BCUT2D eigenvalue weighted by molar-refractivity contribution is 0.115. The molecule has 0 spiro atoms. The minimum Gasteiger partial charge on any atom is -0.491 e. The van der Waals surface area contributed by atoms with Gasteiger partial charge in [0, 0.05) is 11.4 Å². The Morgan fingerprint density at radius 1 is 1.15 bits per heavy atom. The molecule has 0 fully saturated rings. The van der Waals surface area contributed by atoms with Gasteiger partial charge in [-0.1, -0.05) is 12.1 Å². The lowest BCUT2D eigenvalue weighted by Crippen LogP contribution is -2.31. The fourth-order valence-corrected chi connectivity index (χ4v) is 2.07. The van der Waals surface area contributed by atoms with Gasteiger partial charge < -0.3 is 15.3 Å². The molecule has 4 nitrogen and oxygen atoms in total. The Labute approximate surface area is 120 Å². The molecule has 0 saturated carbocycles. The molecule has 20 heavy (non-hydrogen) atoms. The number of benzene rings is 1. The molecule has 2 N–H and O–H groups in total. The molecule has 0 amide bonds. The summed E-state index contributed by atoms with van der Waals surface area (Å²) in [5.74, 6) is 0.789. The second-order valence-electron chi connectivity index (χ2n) is 5.10. The molecule has 4 heteroatoms. The summed E-state index contributed by atoms with van der Waals surface area (Å²) in [6.07, 6.45) is -0.559. The standard InChI is InChI=1S/C16H22N2O2/c1-12-5-4-6-16(9-12)20-11-15(19)10-17-18-13(2)7-8-14(18)3/h4-9,15,17,19H,10-11H2,1-3H3. The number of ether oxygens (including phenoxy) is 1. The Balaban J connectivity index is 1.80. The van der Waals surface area contributed by atoms with Gasteiger partial charge in [-0.3, -0.25) is 4.68 Å². The highest BCUT2D eigenvalue weighted by molar-refractivity contribution is 5.27. The van der Waals surface area contributed by atoms with Crippen LogP contribution in [0.15, 0.2) is 36.4 Å². The number of hydrogen-bond acceptors (Lipinski definition) is 3. The first kappa shape index (κ1) is 14.5. The second-order valence-corrected chi connectivity index (χ2v) is 5.10. The van der Waals surface area contributed by atoms with E-state index in [1.165, 1.54) is 0 Å². The highest BCUT2D eigenvalue weighted by Crippen LogP contribution is 2.12. The highest BCUT2D eigenvalue weighted by atomic mass is 16.5. The predicted molar refractivity (Wildman–Crippen MR) is 80.8 cm³/mol. The summed E-state index contributed by atoms with van der Waals surface area (Å²) in [4.78, 5) is 0. The number of aromatic nitrogens is 1. The van der Waals surface area contributed by atoms with E-state index in [0.29, 0.717) is 6.54 Å². The number of aliphatic hydroxyl groups excluding tert-OH is 1. The molecule has 0 radical (unpaired) electrons. The average Bonchev–Trinajstić information content (AvgIpc) is 2.74. The Hall–Kier alpha value is -1.94. The number of hydrogen-bond donors (Lipinski definition) is 2. The number of nitrogens with zero attached hydrogens (tertiary/aromatic N) is 1. The van der Waals surface area contributed by atoms with Gasteiger partial charge in [-0.15, -0.1) is 0 Å². The lowest BCUT2D eigenvalue weighted by atomic mass is 10.2. The van der Waals surface area contributed by atoms with Gasteiger partial charge in [0.15, 0.2) is 0 Å². The van der Waals surface area contributed by atoms with E-state index in [1.807, 2.05) is 61.8 Å². The first-order valence-electron chi connectivity index (χ1n) is 6.82. The summed E-state index contributed by atoms with van der Waals surface area (Å²) >= 11 is 0. The van der Waals surface area contributed by atoms with Crippen LogP contribution in [0, 0.1) is 20.8 Å². The molecular weight excluding hydrogens is 252 g/mol. The monoisotopic (exact) mass is 274 g/mol. The van der Waals surface area contributed by atoms with Crippen LogP contribution in [0.3, 0.4) is 0 Å². The Kier molecular flexibility index (Phi) is 4.69. The molecule has 1 aromatic carbocycles. The van der Waals surface area contributed by atoms with Crippen LogP contribution in [-0.2, 0) is 0 Å². The third-order valence-electron chi connectivity index (χ3n) is 3.19. The summed E-state index contributed by atoms with van der Waals surface area (Å²) in [6, 6.07) is 11.9. The van der Waals surface area contributed by atoms with Crippen molar-refractivity contribution in [3.8, 4) is 5.75 Å². The number of aliphatic hydroxyl groups is 1. The van der Waals surface area contributed by atoms with E-state index in [-0.39, 0.29) is 6.61 Å². The molecule has 0 aliphatic heterocycles. The second kappa shape index (κ2) is 6.48. The van der Waals surface area contributed by atoms with Crippen LogP contribution in [0.25, 0.3) is 0 Å². The zero-order chi connectivity index (χ0) is 14.5. The van der Waals surface area contributed by atoms with Crippen molar-refractivity contribution >= 4 is 0 Å². The molecule has 1 atom stereocenters. The molecule has 1 aromatic heterocycles. The largest absolute Gasteiger partial charge is 0.491 e. The molecule has 1 heterocycles. The van der Waals surface area contributed by atoms with Gasteiger partial charge in [0.05, 0.1) is 6.54 Å². The summed E-state index contributed by atoms with van der Waals surface area (Å²) in [7, 11) is 0. The van der Waals surface area contributed by atoms with Crippen LogP contribution in [-0.4, -0.2) is 29.0 Å². The SMILES string of the molecule is Cc1cccc(OCC(O)CNn2c(C)ccc2C)c1.